The summed E-state index contributed by atoms with van der Waals surface area (Å²) < 4.78 is 6.61. The van der Waals surface area contributed by atoms with Crippen LogP contribution in [0, 0.1) is 0 Å². The number of rotatable bonds is 4. The van der Waals surface area contributed by atoms with Crippen LogP contribution in [0.1, 0.15) is 25.5 Å². The Bertz CT molecular complexity index is 598. The van der Waals surface area contributed by atoms with Crippen molar-refractivity contribution < 1.29 is 14.9 Å². The van der Waals surface area contributed by atoms with Crippen molar-refractivity contribution in [3.05, 3.63) is 16.8 Å². The van der Waals surface area contributed by atoms with Crippen molar-refractivity contribution in [2.45, 2.75) is 37.7 Å². The third kappa shape index (κ3) is 3.16. The zero-order valence-electron chi connectivity index (χ0n) is 12.1. The van der Waals surface area contributed by atoms with E-state index in [0.717, 1.165) is 25.9 Å². The molecule has 0 saturated carbocycles. The van der Waals surface area contributed by atoms with E-state index >= 15 is 0 Å². The molecule has 2 saturated heterocycles. The van der Waals surface area contributed by atoms with Gasteiger partial charge in [0.15, 0.2) is 0 Å². The van der Waals surface area contributed by atoms with Crippen LogP contribution in [0.25, 0.3) is 0 Å². The van der Waals surface area contributed by atoms with Crippen LogP contribution in [0.5, 0.6) is 0 Å². The van der Waals surface area contributed by atoms with E-state index in [-0.39, 0.29) is 19.0 Å². The van der Waals surface area contributed by atoms with Crippen LogP contribution >= 0.6 is 0 Å². The predicted octanol–water partition coefficient (Wildman–Crippen LogP) is -0.965. The van der Waals surface area contributed by atoms with E-state index in [1.165, 1.54) is 10.9 Å². The van der Waals surface area contributed by atoms with E-state index in [1.807, 2.05) is 0 Å². The van der Waals surface area contributed by atoms with Gasteiger partial charge in [-0.05, 0) is 12.8 Å². The molecule has 0 radical (unpaired) electrons. The van der Waals surface area contributed by atoms with Crippen molar-refractivity contribution in [2.75, 3.05) is 19.7 Å². The Hall–Kier alpha value is -1.84. The highest BCUT2D eigenvalue weighted by Gasteiger charge is 2.35. The van der Waals surface area contributed by atoms with E-state index in [0.29, 0.717) is 0 Å². The molecule has 0 unspecified atom stereocenters. The molecule has 2 N–H and O–H groups in total. The predicted molar refractivity (Wildman–Crippen MR) is 76.9 cm³/mol. The summed E-state index contributed by atoms with van der Waals surface area (Å²) in [6.07, 6.45) is 3.29. The normalized spacial score (nSPS) is 28.8. The fourth-order valence-corrected chi connectivity index (χ4v) is 2.64. The maximum absolute atomic E-state index is 12.0. The number of hydrogen-bond donors (Lipinski definition) is 2. The van der Waals surface area contributed by atoms with Gasteiger partial charge in [-0.3, -0.25) is 4.57 Å². The molecule has 3 heterocycles. The molecular weight excluding hydrogens is 290 g/mol. The highest BCUT2D eigenvalue weighted by atomic mass is 16.5. The zero-order valence-corrected chi connectivity index (χ0v) is 12.1. The first-order valence-corrected chi connectivity index (χ1v) is 7.35. The molecule has 2 aliphatic rings. The summed E-state index contributed by atoms with van der Waals surface area (Å²) in [5.41, 5.74) is -0.542. The van der Waals surface area contributed by atoms with Gasteiger partial charge in [0.25, 0.3) is 5.95 Å². The number of hydrogen-bond acceptors (Lipinski definition) is 7. The van der Waals surface area contributed by atoms with Crippen molar-refractivity contribution in [3.8, 4) is 0 Å². The Morgan fingerprint density at radius 2 is 2.23 bits per heavy atom. The summed E-state index contributed by atoms with van der Waals surface area (Å²) in [4.78, 5) is 26.0. The van der Waals surface area contributed by atoms with Crippen molar-refractivity contribution in [1.29, 1.82) is 0 Å². The monoisotopic (exact) mass is 309 g/mol. The highest BCUT2D eigenvalue weighted by molar-refractivity contribution is 5.58. The van der Waals surface area contributed by atoms with E-state index in [9.17, 15) is 9.90 Å². The lowest BCUT2D eigenvalue weighted by molar-refractivity contribution is -0.0462. The van der Waals surface area contributed by atoms with Gasteiger partial charge in [0.1, 0.15) is 18.7 Å². The number of likely N-dealkylation sites (tertiary alicyclic amines) is 1. The first-order valence-electron chi connectivity index (χ1n) is 7.35. The lowest BCUT2D eigenvalue weighted by Gasteiger charge is -2.13. The minimum Gasteiger partial charge on any atom is -0.394 e. The van der Waals surface area contributed by atoms with Gasteiger partial charge in [-0.1, -0.05) is 0 Å². The quantitative estimate of drug-likeness (QED) is 0.543. The molecule has 9 heteroatoms. The van der Waals surface area contributed by atoms with Crippen LogP contribution in [-0.4, -0.2) is 67.9 Å². The Kier molecular flexibility index (Phi) is 4.46. The van der Waals surface area contributed by atoms with Crippen LogP contribution in [-0.2, 0) is 4.74 Å². The van der Waals surface area contributed by atoms with Gasteiger partial charge in [0.2, 0.25) is 0 Å². The number of aromatic nitrogens is 3. The minimum absolute atomic E-state index is 0.102. The van der Waals surface area contributed by atoms with E-state index < -0.39 is 24.1 Å². The second kappa shape index (κ2) is 6.51. The van der Waals surface area contributed by atoms with Crippen molar-refractivity contribution in [1.82, 2.24) is 19.4 Å². The van der Waals surface area contributed by atoms with Crippen molar-refractivity contribution >= 4 is 12.3 Å². The molecule has 2 fully saturated rings. The molecular formula is C13H19N5O4. The molecule has 1 aromatic rings. The molecule has 0 aliphatic carbocycles. The topological polar surface area (TPSA) is 113 Å². The average Bonchev–Trinajstić information content (AvgIpc) is 3.14. The number of aliphatic imine (C=N–C) groups is 1. The summed E-state index contributed by atoms with van der Waals surface area (Å²) in [6, 6.07) is 0. The summed E-state index contributed by atoms with van der Waals surface area (Å²) in [5, 5.41) is 18.8. The molecule has 9 nitrogen and oxygen atoms in total. The smallest absolute Gasteiger partial charge is 0.354 e. The summed E-state index contributed by atoms with van der Waals surface area (Å²) in [6.45, 7) is 1.61. The summed E-state index contributed by atoms with van der Waals surface area (Å²) >= 11 is 0. The second-order valence-corrected chi connectivity index (χ2v) is 5.45. The van der Waals surface area contributed by atoms with E-state index in [1.54, 1.807) is 6.34 Å². The van der Waals surface area contributed by atoms with Gasteiger partial charge in [-0.25, -0.2) is 14.8 Å². The highest BCUT2D eigenvalue weighted by Crippen LogP contribution is 2.27. The Morgan fingerprint density at radius 3 is 2.86 bits per heavy atom. The van der Waals surface area contributed by atoms with Gasteiger partial charge in [-0.2, -0.15) is 4.98 Å². The largest absolute Gasteiger partial charge is 0.394 e. The van der Waals surface area contributed by atoms with Crippen LogP contribution in [0.3, 0.4) is 0 Å². The van der Waals surface area contributed by atoms with Crippen LogP contribution < -0.4 is 5.69 Å². The standard InChI is InChI=1S/C13H19N5O4/c19-6-10-9(20)5-11(22-10)18-8-15-12(16-13(18)21)14-7-17-3-1-2-4-17/h7-11,19-20H,1-6H2/b14-7+/t9-,10+,11+/m0/s1. The molecule has 1 aromatic heterocycles. The molecule has 0 aromatic carbocycles. The Balaban J connectivity index is 1.71. The van der Waals surface area contributed by atoms with Gasteiger partial charge >= 0.3 is 5.69 Å². The fraction of sp³-hybridized carbons (Fsp3) is 0.692. The van der Waals surface area contributed by atoms with Crippen LogP contribution in [0.15, 0.2) is 16.1 Å². The van der Waals surface area contributed by atoms with Crippen molar-refractivity contribution in [3.63, 3.8) is 0 Å². The van der Waals surface area contributed by atoms with Crippen LogP contribution in [0.2, 0.25) is 0 Å². The van der Waals surface area contributed by atoms with Crippen molar-refractivity contribution in [2.24, 2.45) is 4.99 Å². The average molecular weight is 309 g/mol. The molecule has 3 rings (SSSR count). The maximum Gasteiger partial charge on any atom is 0.354 e. The Labute approximate surface area is 126 Å². The molecule has 0 bridgehead atoms. The summed E-state index contributed by atoms with van der Waals surface area (Å²) in [5.74, 6) is 0.102. The molecule has 2 aliphatic heterocycles. The molecule has 0 amide bonds. The first-order chi connectivity index (χ1) is 10.7. The second-order valence-electron chi connectivity index (χ2n) is 5.45. The SMILES string of the molecule is O=c1nc(/N=C/N2CCCC2)ncn1[C@H]1C[C@H](O)[C@@H](CO)O1. The molecule has 3 atom stereocenters. The number of aliphatic hydroxyl groups excluding tert-OH is 2. The third-order valence-electron chi connectivity index (χ3n) is 3.89. The Morgan fingerprint density at radius 1 is 1.45 bits per heavy atom. The first kappa shape index (κ1) is 15.1. The molecule has 0 spiro atoms. The van der Waals surface area contributed by atoms with Crippen LogP contribution in [0.4, 0.5) is 5.95 Å². The maximum atomic E-state index is 12.0. The van der Waals surface area contributed by atoms with Gasteiger partial charge < -0.3 is 19.8 Å². The minimum atomic E-state index is -0.810. The van der Waals surface area contributed by atoms with Gasteiger partial charge in [-0.15, -0.1) is 0 Å². The lowest BCUT2D eigenvalue weighted by Crippen LogP contribution is -2.28. The number of aliphatic hydroxyl groups is 2. The molecule has 22 heavy (non-hydrogen) atoms. The van der Waals surface area contributed by atoms with E-state index in [4.69, 9.17) is 9.84 Å². The van der Waals surface area contributed by atoms with Gasteiger partial charge in [0, 0.05) is 19.5 Å². The van der Waals surface area contributed by atoms with E-state index in [2.05, 4.69) is 19.9 Å². The number of ether oxygens (including phenoxy) is 1. The zero-order chi connectivity index (χ0) is 15.5. The third-order valence-corrected chi connectivity index (χ3v) is 3.89. The number of nitrogens with zero attached hydrogens (tertiary/aromatic N) is 5. The van der Waals surface area contributed by atoms with Gasteiger partial charge in [0.05, 0.1) is 19.0 Å². The lowest BCUT2D eigenvalue weighted by atomic mass is 10.2. The fourth-order valence-electron chi connectivity index (χ4n) is 2.64. The summed E-state index contributed by atoms with van der Waals surface area (Å²) in [7, 11) is 0. The molecule has 120 valence electrons.